The summed E-state index contributed by atoms with van der Waals surface area (Å²) in [4.78, 5) is 23.7. The van der Waals surface area contributed by atoms with Gasteiger partial charge in [-0.15, -0.1) is 0 Å². The van der Waals surface area contributed by atoms with Crippen LogP contribution in [0, 0.1) is 6.92 Å². The van der Waals surface area contributed by atoms with Crippen LogP contribution in [0.4, 0.5) is 8.78 Å². The summed E-state index contributed by atoms with van der Waals surface area (Å²) in [7, 11) is 0. The Morgan fingerprint density at radius 1 is 1.33 bits per heavy atom. The fourth-order valence-electron chi connectivity index (χ4n) is 2.15. The molecular formula is C16H16F2N2O4. The van der Waals surface area contributed by atoms with Gasteiger partial charge in [0.25, 0.3) is 5.56 Å². The Kier molecular flexibility index (Phi) is 5.51. The Balaban J connectivity index is 1.98. The molecule has 0 atom stereocenters. The topological polar surface area (TPSA) is 80.6 Å². The minimum Gasteiger partial charge on any atom is -0.508 e. The number of alkyl halides is 2. The highest BCUT2D eigenvalue weighted by Crippen LogP contribution is 2.15. The number of rotatable bonds is 6. The van der Waals surface area contributed by atoms with E-state index < -0.39 is 18.1 Å². The van der Waals surface area contributed by atoms with Gasteiger partial charge in [-0.25, -0.2) is 0 Å². The summed E-state index contributed by atoms with van der Waals surface area (Å²) in [5.74, 6) is -0.585. The summed E-state index contributed by atoms with van der Waals surface area (Å²) >= 11 is 0. The van der Waals surface area contributed by atoms with Gasteiger partial charge in [0.1, 0.15) is 18.0 Å². The van der Waals surface area contributed by atoms with Crippen LogP contribution in [0.25, 0.3) is 0 Å². The Morgan fingerprint density at radius 2 is 2.08 bits per heavy atom. The summed E-state index contributed by atoms with van der Waals surface area (Å²) in [6.45, 7) is -1.43. The van der Waals surface area contributed by atoms with Crippen molar-refractivity contribution in [2.24, 2.45) is 0 Å². The highest BCUT2D eigenvalue weighted by molar-refractivity contribution is 5.75. The Labute approximate surface area is 136 Å². The van der Waals surface area contributed by atoms with Crippen molar-refractivity contribution in [3.05, 3.63) is 58.0 Å². The molecule has 0 spiro atoms. The smallest absolute Gasteiger partial charge is 0.387 e. The SMILES string of the molecule is Cc1cc(O)cc(=O)n1CC(=O)NCc1cccc(OC(F)F)c1. The molecule has 6 nitrogen and oxygen atoms in total. The maximum Gasteiger partial charge on any atom is 0.387 e. The second kappa shape index (κ2) is 7.58. The van der Waals surface area contributed by atoms with Crippen molar-refractivity contribution in [1.82, 2.24) is 9.88 Å². The monoisotopic (exact) mass is 338 g/mol. The third-order valence-electron chi connectivity index (χ3n) is 3.23. The number of nitrogens with one attached hydrogen (secondary N) is 1. The lowest BCUT2D eigenvalue weighted by molar-refractivity contribution is -0.121. The summed E-state index contributed by atoms with van der Waals surface area (Å²) in [6, 6.07) is 8.36. The van der Waals surface area contributed by atoms with E-state index in [4.69, 9.17) is 0 Å². The van der Waals surface area contributed by atoms with Gasteiger partial charge in [-0.1, -0.05) is 12.1 Å². The molecule has 1 aromatic carbocycles. The number of aryl methyl sites for hydroxylation is 1. The van der Waals surface area contributed by atoms with E-state index in [0.717, 1.165) is 6.07 Å². The number of aromatic nitrogens is 1. The molecule has 0 saturated heterocycles. The third-order valence-corrected chi connectivity index (χ3v) is 3.23. The zero-order valence-electron chi connectivity index (χ0n) is 12.8. The number of pyridine rings is 1. The van der Waals surface area contributed by atoms with Crippen LogP contribution in [0.1, 0.15) is 11.3 Å². The maximum absolute atomic E-state index is 12.2. The molecule has 24 heavy (non-hydrogen) atoms. The number of nitrogens with zero attached hydrogens (tertiary/aromatic N) is 1. The first-order valence-electron chi connectivity index (χ1n) is 7.06. The van der Waals surface area contributed by atoms with Crippen molar-refractivity contribution in [2.75, 3.05) is 0 Å². The summed E-state index contributed by atoms with van der Waals surface area (Å²) < 4.78 is 29.8. The van der Waals surface area contributed by atoms with Crippen LogP contribution in [0.5, 0.6) is 11.5 Å². The van der Waals surface area contributed by atoms with Crippen LogP contribution < -0.4 is 15.6 Å². The number of benzene rings is 1. The van der Waals surface area contributed by atoms with Crippen LogP contribution in [-0.4, -0.2) is 22.2 Å². The molecule has 0 aliphatic rings. The van der Waals surface area contributed by atoms with Crippen molar-refractivity contribution < 1.29 is 23.4 Å². The second-order valence-electron chi connectivity index (χ2n) is 5.08. The molecule has 2 aromatic rings. The zero-order chi connectivity index (χ0) is 17.7. The largest absolute Gasteiger partial charge is 0.508 e. The number of hydrogen-bond donors (Lipinski definition) is 2. The molecule has 0 aliphatic heterocycles. The number of halogens is 2. The van der Waals surface area contributed by atoms with Gasteiger partial charge in [0.2, 0.25) is 5.91 Å². The summed E-state index contributed by atoms with van der Waals surface area (Å²) in [6.07, 6.45) is 0. The molecule has 2 rings (SSSR count). The molecule has 1 heterocycles. The minimum atomic E-state index is -2.92. The lowest BCUT2D eigenvalue weighted by Gasteiger charge is -2.11. The van der Waals surface area contributed by atoms with E-state index in [1.807, 2.05) is 0 Å². The average Bonchev–Trinajstić information content (AvgIpc) is 2.48. The van der Waals surface area contributed by atoms with E-state index in [9.17, 15) is 23.5 Å². The standard InChI is InChI=1S/C16H16F2N2O4/c1-10-5-12(21)7-15(23)20(10)9-14(22)19-8-11-3-2-4-13(6-11)24-16(17)18/h2-7,16,21H,8-9H2,1H3,(H,19,22). The summed E-state index contributed by atoms with van der Waals surface area (Å²) in [5, 5.41) is 11.9. The first kappa shape index (κ1) is 17.5. The predicted octanol–water partition coefficient (Wildman–Crippen LogP) is 1.78. The van der Waals surface area contributed by atoms with Crippen molar-refractivity contribution in [3.8, 4) is 11.5 Å². The Morgan fingerprint density at radius 3 is 2.75 bits per heavy atom. The van der Waals surface area contributed by atoms with E-state index in [-0.39, 0.29) is 24.6 Å². The third kappa shape index (κ3) is 4.80. The molecule has 1 amide bonds. The molecule has 8 heteroatoms. The average molecular weight is 338 g/mol. The van der Waals surface area contributed by atoms with E-state index in [0.29, 0.717) is 11.3 Å². The van der Waals surface area contributed by atoms with E-state index >= 15 is 0 Å². The molecule has 2 N–H and O–H groups in total. The zero-order valence-corrected chi connectivity index (χ0v) is 12.8. The lowest BCUT2D eigenvalue weighted by atomic mass is 10.2. The molecule has 0 fully saturated rings. The normalized spacial score (nSPS) is 10.7. The van der Waals surface area contributed by atoms with E-state index in [2.05, 4.69) is 10.1 Å². The summed E-state index contributed by atoms with van der Waals surface area (Å²) in [5.41, 5.74) is 0.536. The van der Waals surface area contributed by atoms with Crippen molar-refractivity contribution in [3.63, 3.8) is 0 Å². The highest BCUT2D eigenvalue weighted by atomic mass is 19.3. The number of aromatic hydroxyl groups is 1. The van der Waals surface area contributed by atoms with Gasteiger partial charge < -0.3 is 19.7 Å². The van der Waals surface area contributed by atoms with Gasteiger partial charge in [0, 0.05) is 18.3 Å². The first-order chi connectivity index (χ1) is 11.3. The Hall–Kier alpha value is -2.90. The highest BCUT2D eigenvalue weighted by Gasteiger charge is 2.09. The number of carbonyl (C=O) groups excluding carboxylic acids is 1. The lowest BCUT2D eigenvalue weighted by Crippen LogP contribution is -2.32. The van der Waals surface area contributed by atoms with Gasteiger partial charge in [0.15, 0.2) is 0 Å². The number of ether oxygens (including phenoxy) is 1. The van der Waals surface area contributed by atoms with Gasteiger partial charge in [0.05, 0.1) is 0 Å². The van der Waals surface area contributed by atoms with Crippen LogP contribution >= 0.6 is 0 Å². The number of hydrogen-bond acceptors (Lipinski definition) is 4. The van der Waals surface area contributed by atoms with Gasteiger partial charge in [-0.05, 0) is 30.7 Å². The molecule has 0 bridgehead atoms. The van der Waals surface area contributed by atoms with Crippen LogP contribution in [-0.2, 0) is 17.9 Å². The molecule has 0 saturated carbocycles. The van der Waals surface area contributed by atoms with Crippen LogP contribution in [0.2, 0.25) is 0 Å². The molecular weight excluding hydrogens is 322 g/mol. The van der Waals surface area contributed by atoms with Crippen molar-refractivity contribution in [1.29, 1.82) is 0 Å². The first-order valence-corrected chi connectivity index (χ1v) is 7.06. The van der Waals surface area contributed by atoms with Gasteiger partial charge >= 0.3 is 6.61 Å². The number of carbonyl (C=O) groups is 1. The predicted molar refractivity (Wildman–Crippen MR) is 82.0 cm³/mol. The molecule has 1 aromatic heterocycles. The van der Waals surface area contributed by atoms with Gasteiger partial charge in [-0.2, -0.15) is 8.78 Å². The fraction of sp³-hybridized carbons (Fsp3) is 0.250. The quantitative estimate of drug-likeness (QED) is 0.841. The van der Waals surface area contributed by atoms with Crippen LogP contribution in [0.3, 0.4) is 0 Å². The minimum absolute atomic E-state index is 0.00217. The van der Waals surface area contributed by atoms with E-state index in [1.54, 1.807) is 13.0 Å². The second-order valence-corrected chi connectivity index (χ2v) is 5.08. The fourth-order valence-corrected chi connectivity index (χ4v) is 2.15. The van der Waals surface area contributed by atoms with Crippen molar-refractivity contribution >= 4 is 5.91 Å². The molecule has 0 radical (unpaired) electrons. The number of amides is 1. The Bertz CT molecular complexity index is 790. The van der Waals surface area contributed by atoms with E-state index in [1.165, 1.54) is 28.8 Å². The molecule has 0 aliphatic carbocycles. The molecule has 128 valence electrons. The maximum atomic E-state index is 12.2. The van der Waals surface area contributed by atoms with Crippen LogP contribution in [0.15, 0.2) is 41.2 Å². The van der Waals surface area contributed by atoms with Crippen molar-refractivity contribution in [2.45, 2.75) is 26.6 Å². The van der Waals surface area contributed by atoms with Gasteiger partial charge in [-0.3, -0.25) is 9.59 Å². The molecule has 0 unspecified atom stereocenters.